The number of amides is 2. The molecule has 3 rings (SSSR count). The molecule has 0 spiro atoms. The van der Waals surface area contributed by atoms with Gasteiger partial charge in [0.15, 0.2) is 0 Å². The van der Waals surface area contributed by atoms with E-state index in [-0.39, 0.29) is 30.1 Å². The van der Waals surface area contributed by atoms with E-state index in [2.05, 4.69) is 11.8 Å². The first-order valence-corrected chi connectivity index (χ1v) is 13.4. The fourth-order valence-corrected chi connectivity index (χ4v) is 5.29. The van der Waals surface area contributed by atoms with E-state index in [0.29, 0.717) is 34.6 Å². The van der Waals surface area contributed by atoms with Crippen LogP contribution in [0.25, 0.3) is 0 Å². The van der Waals surface area contributed by atoms with E-state index >= 15 is 0 Å². The molecule has 1 aliphatic rings. The average molecular weight is 555 g/mol. The Balaban J connectivity index is 0.00000456. The number of likely N-dealkylation sites (N-methyl/N-ethyl adjacent to an activating group) is 1. The van der Waals surface area contributed by atoms with Crippen LogP contribution in [0.3, 0.4) is 0 Å². The van der Waals surface area contributed by atoms with Crippen molar-refractivity contribution in [2.45, 2.75) is 51.5 Å². The Morgan fingerprint density at radius 2 is 1.69 bits per heavy atom. The van der Waals surface area contributed by atoms with Gasteiger partial charge in [0, 0.05) is 57.2 Å². The van der Waals surface area contributed by atoms with Gasteiger partial charge < -0.3 is 14.7 Å². The second kappa shape index (κ2) is 14.8. The number of halogens is 3. The molecule has 1 heterocycles. The molecule has 8 heteroatoms. The Bertz CT molecular complexity index is 981. The summed E-state index contributed by atoms with van der Waals surface area (Å²) in [6.07, 6.45) is 3.47. The van der Waals surface area contributed by atoms with Crippen molar-refractivity contribution >= 4 is 47.4 Å². The summed E-state index contributed by atoms with van der Waals surface area (Å²) in [5.41, 5.74) is 1.78. The fourth-order valence-electron chi connectivity index (χ4n) is 4.98. The number of piperidine rings is 1. The Hall–Kier alpha value is -1.79. The third kappa shape index (κ3) is 8.11. The zero-order valence-corrected chi connectivity index (χ0v) is 23.8. The summed E-state index contributed by atoms with van der Waals surface area (Å²) >= 11 is 12.5. The zero-order valence-electron chi connectivity index (χ0n) is 21.5. The maximum Gasteiger partial charge on any atom is 0.253 e. The molecular formula is C28H38Cl3N3O2. The molecule has 1 unspecified atom stereocenters. The summed E-state index contributed by atoms with van der Waals surface area (Å²) in [4.78, 5) is 31.6. The molecule has 2 amide bonds. The number of hydrogen-bond donors (Lipinski definition) is 0. The maximum absolute atomic E-state index is 13.0. The van der Waals surface area contributed by atoms with E-state index < -0.39 is 0 Å². The van der Waals surface area contributed by atoms with Crippen LogP contribution in [-0.2, 0) is 4.79 Å². The van der Waals surface area contributed by atoms with Crippen LogP contribution in [0.15, 0.2) is 48.5 Å². The molecule has 0 aliphatic carbocycles. The highest BCUT2D eigenvalue weighted by Crippen LogP contribution is 2.30. The van der Waals surface area contributed by atoms with Crippen LogP contribution >= 0.6 is 35.6 Å². The summed E-state index contributed by atoms with van der Waals surface area (Å²) in [5, 5.41) is 1.07. The molecule has 0 saturated carbocycles. The predicted octanol–water partition coefficient (Wildman–Crippen LogP) is 6.38. The molecular weight excluding hydrogens is 517 g/mol. The molecule has 1 atom stereocenters. The van der Waals surface area contributed by atoms with Gasteiger partial charge in [0.2, 0.25) is 5.91 Å². The molecule has 1 saturated heterocycles. The van der Waals surface area contributed by atoms with Gasteiger partial charge in [-0.15, -0.1) is 12.4 Å². The quantitative estimate of drug-likeness (QED) is 0.342. The minimum atomic E-state index is 0. The zero-order chi connectivity index (χ0) is 25.4. The largest absolute Gasteiger partial charge is 0.341 e. The van der Waals surface area contributed by atoms with Crippen LogP contribution in [-0.4, -0.2) is 72.3 Å². The molecule has 0 N–H and O–H groups in total. The first-order valence-electron chi connectivity index (χ1n) is 12.6. The average Bonchev–Trinajstić information content (AvgIpc) is 2.89. The van der Waals surface area contributed by atoms with Crippen molar-refractivity contribution in [3.8, 4) is 0 Å². The van der Waals surface area contributed by atoms with Gasteiger partial charge in [-0.3, -0.25) is 9.59 Å². The SMILES string of the molecule is CCC(=O)N(CC)C1CCN(CCC(CN(C)C(=O)c2ccccc2)c2ccc(Cl)c(Cl)c2)CC1.Cl. The van der Waals surface area contributed by atoms with Crippen LogP contribution in [0.5, 0.6) is 0 Å². The highest BCUT2D eigenvalue weighted by atomic mass is 35.5. The lowest BCUT2D eigenvalue weighted by molar-refractivity contribution is -0.133. The van der Waals surface area contributed by atoms with E-state index in [9.17, 15) is 9.59 Å². The van der Waals surface area contributed by atoms with E-state index in [4.69, 9.17) is 23.2 Å². The van der Waals surface area contributed by atoms with Crippen LogP contribution in [0, 0.1) is 0 Å². The molecule has 2 aromatic carbocycles. The number of carbonyl (C=O) groups excluding carboxylic acids is 2. The van der Waals surface area contributed by atoms with Gasteiger partial charge >= 0.3 is 0 Å². The molecule has 0 aromatic heterocycles. The van der Waals surface area contributed by atoms with E-state index in [1.807, 2.05) is 67.4 Å². The summed E-state index contributed by atoms with van der Waals surface area (Å²) in [5.74, 6) is 0.391. The normalized spacial score (nSPS) is 15.1. The minimum absolute atomic E-state index is 0. The van der Waals surface area contributed by atoms with Crippen molar-refractivity contribution in [3.05, 3.63) is 69.7 Å². The highest BCUT2D eigenvalue weighted by Gasteiger charge is 2.27. The van der Waals surface area contributed by atoms with Crippen molar-refractivity contribution in [3.63, 3.8) is 0 Å². The molecule has 198 valence electrons. The van der Waals surface area contributed by atoms with Gasteiger partial charge in [0.05, 0.1) is 10.0 Å². The van der Waals surface area contributed by atoms with Gasteiger partial charge in [-0.1, -0.05) is 54.4 Å². The molecule has 2 aromatic rings. The highest BCUT2D eigenvalue weighted by molar-refractivity contribution is 6.42. The number of rotatable bonds is 10. The van der Waals surface area contributed by atoms with Crippen LogP contribution in [0.1, 0.15) is 61.4 Å². The topological polar surface area (TPSA) is 43.9 Å². The lowest BCUT2D eigenvalue weighted by Crippen LogP contribution is -2.47. The van der Waals surface area contributed by atoms with E-state index in [1.54, 1.807) is 4.90 Å². The lowest BCUT2D eigenvalue weighted by Gasteiger charge is -2.38. The standard InChI is InChI=1S/C28H37Cl2N3O2.ClH/c1-4-27(34)33(5-2)24-14-17-32(18-15-24)16-13-23(22-11-12-25(29)26(30)19-22)20-31(3)28(35)21-9-7-6-8-10-21;/h6-12,19,23-24H,4-5,13-18,20H2,1-3H3;1H. The van der Waals surface area contributed by atoms with Crippen molar-refractivity contribution in [1.82, 2.24) is 14.7 Å². The Morgan fingerprint density at radius 1 is 1.03 bits per heavy atom. The summed E-state index contributed by atoms with van der Waals surface area (Å²) in [7, 11) is 1.86. The van der Waals surface area contributed by atoms with Gasteiger partial charge in [-0.25, -0.2) is 0 Å². The number of carbonyl (C=O) groups is 2. The van der Waals surface area contributed by atoms with Crippen LogP contribution < -0.4 is 0 Å². The Morgan fingerprint density at radius 3 is 2.28 bits per heavy atom. The molecule has 5 nitrogen and oxygen atoms in total. The van der Waals surface area contributed by atoms with E-state index in [0.717, 1.165) is 51.0 Å². The predicted molar refractivity (Wildman–Crippen MR) is 152 cm³/mol. The van der Waals surface area contributed by atoms with Crippen molar-refractivity contribution in [1.29, 1.82) is 0 Å². The van der Waals surface area contributed by atoms with Crippen molar-refractivity contribution in [2.75, 3.05) is 39.8 Å². The van der Waals surface area contributed by atoms with Gasteiger partial charge in [0.25, 0.3) is 5.91 Å². The first kappa shape index (κ1) is 30.4. The number of benzene rings is 2. The second-order valence-corrected chi connectivity index (χ2v) is 10.1. The summed E-state index contributed by atoms with van der Waals surface area (Å²) in [6.45, 7) is 8.25. The number of likely N-dealkylation sites (tertiary alicyclic amines) is 1. The number of hydrogen-bond acceptors (Lipinski definition) is 3. The number of nitrogens with zero attached hydrogens (tertiary/aromatic N) is 3. The van der Waals surface area contributed by atoms with Gasteiger partial charge in [0.1, 0.15) is 0 Å². The summed E-state index contributed by atoms with van der Waals surface area (Å²) in [6, 6.07) is 15.5. The fraction of sp³-hybridized carbons (Fsp3) is 0.500. The third-order valence-electron chi connectivity index (χ3n) is 7.03. The minimum Gasteiger partial charge on any atom is -0.341 e. The van der Waals surface area contributed by atoms with Crippen LogP contribution in [0.4, 0.5) is 0 Å². The van der Waals surface area contributed by atoms with Crippen LogP contribution in [0.2, 0.25) is 10.0 Å². The maximum atomic E-state index is 13.0. The second-order valence-electron chi connectivity index (χ2n) is 9.32. The Kier molecular flexibility index (Phi) is 12.5. The molecule has 36 heavy (non-hydrogen) atoms. The summed E-state index contributed by atoms with van der Waals surface area (Å²) < 4.78 is 0. The molecule has 1 aliphatic heterocycles. The lowest BCUT2D eigenvalue weighted by atomic mass is 9.93. The first-order chi connectivity index (χ1) is 16.8. The molecule has 0 radical (unpaired) electrons. The molecule has 0 bridgehead atoms. The molecule has 1 fully saturated rings. The smallest absolute Gasteiger partial charge is 0.253 e. The third-order valence-corrected chi connectivity index (χ3v) is 7.77. The van der Waals surface area contributed by atoms with Crippen molar-refractivity contribution < 1.29 is 9.59 Å². The van der Waals surface area contributed by atoms with Gasteiger partial charge in [-0.05, 0) is 62.6 Å². The Labute approximate surface area is 232 Å². The van der Waals surface area contributed by atoms with Crippen molar-refractivity contribution in [2.24, 2.45) is 0 Å². The monoisotopic (exact) mass is 553 g/mol. The van der Waals surface area contributed by atoms with Gasteiger partial charge in [-0.2, -0.15) is 0 Å². The van der Waals surface area contributed by atoms with E-state index in [1.165, 1.54) is 0 Å².